The molecule has 0 saturated carbocycles. The zero-order valence-corrected chi connectivity index (χ0v) is 9.85. The van der Waals surface area contributed by atoms with E-state index in [0.717, 1.165) is 5.52 Å². The van der Waals surface area contributed by atoms with Crippen molar-refractivity contribution in [1.29, 1.82) is 0 Å². The van der Waals surface area contributed by atoms with Crippen LogP contribution in [0.3, 0.4) is 0 Å². The summed E-state index contributed by atoms with van der Waals surface area (Å²) in [4.78, 5) is 4.72. The molecule has 0 bridgehead atoms. The first-order valence-electron chi connectivity index (χ1n) is 5.02. The van der Waals surface area contributed by atoms with Crippen molar-refractivity contribution in [1.82, 2.24) is 4.98 Å². The predicted octanol–water partition coefficient (Wildman–Crippen LogP) is 3.71. The highest BCUT2D eigenvalue weighted by atomic mass is 32.2. The van der Waals surface area contributed by atoms with Crippen LogP contribution in [0.5, 0.6) is 0 Å². The summed E-state index contributed by atoms with van der Waals surface area (Å²) in [6.45, 7) is 0. The van der Waals surface area contributed by atoms with E-state index in [-0.39, 0.29) is 0 Å². The minimum atomic E-state index is 0.551. The van der Waals surface area contributed by atoms with Crippen LogP contribution in [0.25, 0.3) is 10.9 Å². The van der Waals surface area contributed by atoms with Crippen molar-refractivity contribution >= 4 is 34.4 Å². The number of hydrogen-bond donors (Lipinski definition) is 0. The van der Waals surface area contributed by atoms with Gasteiger partial charge in [0.2, 0.25) is 0 Å². The van der Waals surface area contributed by atoms with E-state index in [9.17, 15) is 0 Å². The minimum Gasteiger partial charge on any atom is -0.251 e. The van der Waals surface area contributed by atoms with E-state index in [1.807, 2.05) is 29.6 Å². The quantitative estimate of drug-likeness (QED) is 0.745. The molecule has 0 amide bonds. The van der Waals surface area contributed by atoms with Crippen LogP contribution in [-0.2, 0) is 0 Å². The molecule has 1 aliphatic rings. The maximum atomic E-state index is 4.72. The molecule has 1 aromatic carbocycles. The number of nitrogens with zero attached hydrogens (tertiary/aromatic N) is 1. The maximum absolute atomic E-state index is 4.72. The van der Waals surface area contributed by atoms with Gasteiger partial charge in [-0.3, -0.25) is 4.98 Å². The maximum Gasteiger partial charge on any atom is 0.0922 e. The molecule has 1 aromatic heterocycles. The van der Waals surface area contributed by atoms with Gasteiger partial charge in [0.25, 0.3) is 0 Å². The van der Waals surface area contributed by atoms with E-state index >= 15 is 0 Å². The molecule has 76 valence electrons. The van der Waals surface area contributed by atoms with Gasteiger partial charge in [0.05, 0.1) is 15.8 Å². The van der Waals surface area contributed by atoms with E-state index in [0.29, 0.717) is 4.58 Å². The number of pyridine rings is 1. The lowest BCUT2D eigenvalue weighted by Gasteiger charge is -2.07. The number of para-hydroxylation sites is 1. The van der Waals surface area contributed by atoms with Crippen molar-refractivity contribution in [2.45, 2.75) is 4.58 Å². The number of aromatic nitrogens is 1. The molecule has 0 atom stereocenters. The Labute approximate surface area is 97.7 Å². The number of thioether (sulfide) groups is 2. The normalized spacial score (nSPS) is 17.3. The summed E-state index contributed by atoms with van der Waals surface area (Å²) in [5.41, 5.74) is 2.34. The van der Waals surface area contributed by atoms with Gasteiger partial charge in [0.1, 0.15) is 0 Å². The SMILES string of the molecule is c1ccc2nc(C3SCCS3)ccc2c1. The third-order valence-electron chi connectivity index (χ3n) is 2.48. The molecule has 0 radical (unpaired) electrons. The lowest BCUT2D eigenvalue weighted by Crippen LogP contribution is -1.90. The molecule has 0 spiro atoms. The first-order chi connectivity index (χ1) is 7.43. The Kier molecular flexibility index (Phi) is 2.59. The average Bonchev–Trinajstić information content (AvgIpc) is 2.82. The molecule has 1 nitrogen and oxygen atoms in total. The van der Waals surface area contributed by atoms with Gasteiger partial charge in [-0.1, -0.05) is 24.3 Å². The highest BCUT2D eigenvalue weighted by Crippen LogP contribution is 2.44. The average molecular weight is 233 g/mol. The van der Waals surface area contributed by atoms with Gasteiger partial charge in [-0.15, -0.1) is 23.5 Å². The molecule has 1 saturated heterocycles. The topological polar surface area (TPSA) is 12.9 Å². The number of hydrogen-bond acceptors (Lipinski definition) is 3. The van der Waals surface area contributed by atoms with Gasteiger partial charge < -0.3 is 0 Å². The molecule has 15 heavy (non-hydrogen) atoms. The highest BCUT2D eigenvalue weighted by molar-refractivity contribution is 8.19. The van der Waals surface area contributed by atoms with Crippen LogP contribution < -0.4 is 0 Å². The van der Waals surface area contributed by atoms with Crippen molar-refractivity contribution < 1.29 is 0 Å². The zero-order chi connectivity index (χ0) is 10.1. The minimum absolute atomic E-state index is 0.551. The smallest absolute Gasteiger partial charge is 0.0922 e. The lowest BCUT2D eigenvalue weighted by molar-refractivity contribution is 1.21. The summed E-state index contributed by atoms with van der Waals surface area (Å²) >= 11 is 4.01. The summed E-state index contributed by atoms with van der Waals surface area (Å²) in [6, 6.07) is 12.6. The first-order valence-corrected chi connectivity index (χ1v) is 7.12. The molecular formula is C12H11NS2. The molecule has 2 aromatic rings. The molecule has 0 N–H and O–H groups in total. The first kappa shape index (κ1) is 9.55. The van der Waals surface area contributed by atoms with Crippen molar-refractivity contribution in [3.63, 3.8) is 0 Å². The number of fused-ring (bicyclic) bond motifs is 1. The van der Waals surface area contributed by atoms with Crippen LogP contribution >= 0.6 is 23.5 Å². The second-order valence-corrected chi connectivity index (χ2v) is 6.23. The van der Waals surface area contributed by atoms with Gasteiger partial charge >= 0.3 is 0 Å². The summed E-state index contributed by atoms with van der Waals surface area (Å²) in [6.07, 6.45) is 0. The predicted molar refractivity (Wildman–Crippen MR) is 69.4 cm³/mol. The van der Waals surface area contributed by atoms with Gasteiger partial charge in [-0.05, 0) is 12.1 Å². The second kappa shape index (κ2) is 4.06. The van der Waals surface area contributed by atoms with Crippen molar-refractivity contribution in [3.8, 4) is 0 Å². The van der Waals surface area contributed by atoms with E-state index in [2.05, 4.69) is 30.3 Å². The summed E-state index contributed by atoms with van der Waals surface area (Å²) < 4.78 is 0.551. The Morgan fingerprint density at radius 1 is 1.00 bits per heavy atom. The molecule has 1 fully saturated rings. The van der Waals surface area contributed by atoms with E-state index < -0.39 is 0 Å². The van der Waals surface area contributed by atoms with Gasteiger partial charge in [0, 0.05) is 16.9 Å². The van der Waals surface area contributed by atoms with E-state index in [1.54, 1.807) is 0 Å². The van der Waals surface area contributed by atoms with Gasteiger partial charge in [-0.2, -0.15) is 0 Å². The molecule has 0 unspecified atom stereocenters. The molecule has 0 aliphatic carbocycles. The fourth-order valence-corrected chi connectivity index (χ4v) is 4.51. The third kappa shape index (κ3) is 1.86. The number of benzene rings is 1. The van der Waals surface area contributed by atoms with Crippen molar-refractivity contribution in [2.24, 2.45) is 0 Å². The Hall–Kier alpha value is -0.670. The fraction of sp³-hybridized carbons (Fsp3) is 0.250. The molecule has 3 rings (SSSR count). The fourth-order valence-electron chi connectivity index (χ4n) is 1.74. The van der Waals surface area contributed by atoms with Crippen LogP contribution in [0.4, 0.5) is 0 Å². The molecule has 1 aliphatic heterocycles. The van der Waals surface area contributed by atoms with Crippen LogP contribution in [0.2, 0.25) is 0 Å². The van der Waals surface area contributed by atoms with E-state index in [4.69, 9.17) is 4.98 Å². The molecular weight excluding hydrogens is 222 g/mol. The molecule has 2 heterocycles. The summed E-state index contributed by atoms with van der Waals surface area (Å²) in [5, 5.41) is 1.23. The van der Waals surface area contributed by atoms with Crippen molar-refractivity contribution in [3.05, 3.63) is 42.1 Å². The lowest BCUT2D eigenvalue weighted by atomic mass is 10.2. The van der Waals surface area contributed by atoms with E-state index in [1.165, 1.54) is 22.6 Å². The highest BCUT2D eigenvalue weighted by Gasteiger charge is 2.19. The van der Waals surface area contributed by atoms with Crippen LogP contribution in [0.15, 0.2) is 36.4 Å². The Morgan fingerprint density at radius 3 is 2.67 bits per heavy atom. The largest absolute Gasteiger partial charge is 0.251 e. The third-order valence-corrected chi connectivity index (χ3v) is 5.53. The van der Waals surface area contributed by atoms with Crippen LogP contribution in [0, 0.1) is 0 Å². The number of rotatable bonds is 1. The standard InChI is InChI=1S/C12H11NS2/c1-2-4-10-9(3-1)5-6-11(13-10)12-14-7-8-15-12/h1-6,12H,7-8H2. The Bertz CT molecular complexity index is 478. The van der Waals surface area contributed by atoms with Gasteiger partial charge in [0.15, 0.2) is 0 Å². The summed E-state index contributed by atoms with van der Waals surface area (Å²) in [7, 11) is 0. The summed E-state index contributed by atoms with van der Waals surface area (Å²) in [5.74, 6) is 2.51. The Morgan fingerprint density at radius 2 is 1.80 bits per heavy atom. The zero-order valence-electron chi connectivity index (χ0n) is 8.22. The van der Waals surface area contributed by atoms with Crippen LogP contribution in [-0.4, -0.2) is 16.5 Å². The monoisotopic (exact) mass is 233 g/mol. The second-order valence-electron chi connectivity index (χ2n) is 3.50. The van der Waals surface area contributed by atoms with Gasteiger partial charge in [-0.25, -0.2) is 0 Å². The molecule has 3 heteroatoms. The van der Waals surface area contributed by atoms with Crippen molar-refractivity contribution in [2.75, 3.05) is 11.5 Å². The van der Waals surface area contributed by atoms with Crippen LogP contribution in [0.1, 0.15) is 10.3 Å². The Balaban J connectivity index is 2.05.